The predicted molar refractivity (Wildman–Crippen MR) is 81.6 cm³/mol. The molecule has 4 heteroatoms. The summed E-state index contributed by atoms with van der Waals surface area (Å²) in [6.07, 6.45) is 2.38. The van der Waals surface area contributed by atoms with Gasteiger partial charge in [0.2, 0.25) is 0 Å². The molecule has 0 bridgehead atoms. The van der Waals surface area contributed by atoms with Crippen molar-refractivity contribution in [2.45, 2.75) is 19.0 Å². The zero-order chi connectivity index (χ0) is 14.4. The minimum absolute atomic E-state index is 0.157. The molecule has 0 saturated heterocycles. The fraction of sp³-hybridized carbons (Fsp3) is 0.312. The summed E-state index contributed by atoms with van der Waals surface area (Å²) in [5.74, 6) is 0. The number of halogens is 1. The number of hydrogen-bond donors (Lipinski definition) is 1. The third kappa shape index (κ3) is 3.79. The molecule has 3 nitrogen and oxygen atoms in total. The molecule has 106 valence electrons. The van der Waals surface area contributed by atoms with Crippen LogP contribution < -0.4 is 0 Å². The molecule has 1 N–H and O–H groups in total. The lowest BCUT2D eigenvalue weighted by Gasteiger charge is -2.28. The Labute approximate surface area is 124 Å². The van der Waals surface area contributed by atoms with Crippen LogP contribution in [0.15, 0.2) is 48.7 Å². The van der Waals surface area contributed by atoms with Gasteiger partial charge in [-0.3, -0.25) is 4.90 Å². The highest BCUT2D eigenvalue weighted by molar-refractivity contribution is 6.30. The van der Waals surface area contributed by atoms with E-state index in [9.17, 15) is 5.11 Å². The first-order valence-electron chi connectivity index (χ1n) is 6.68. The van der Waals surface area contributed by atoms with Gasteiger partial charge in [-0.1, -0.05) is 48.0 Å². The van der Waals surface area contributed by atoms with Gasteiger partial charge in [-0.05, 0) is 25.1 Å². The number of aliphatic hydroxyl groups is 1. The molecule has 2 aromatic rings. The summed E-state index contributed by atoms with van der Waals surface area (Å²) in [4.78, 5) is 6.29. The Hall–Kier alpha value is -1.42. The summed E-state index contributed by atoms with van der Waals surface area (Å²) >= 11 is 6.11. The van der Waals surface area contributed by atoms with Gasteiger partial charge in [-0.25, -0.2) is 4.98 Å². The van der Waals surface area contributed by atoms with Gasteiger partial charge in [0.05, 0.1) is 0 Å². The first-order valence-corrected chi connectivity index (χ1v) is 7.05. The van der Waals surface area contributed by atoms with Gasteiger partial charge in [0, 0.05) is 31.0 Å². The van der Waals surface area contributed by atoms with Gasteiger partial charge >= 0.3 is 0 Å². The molecule has 2 rings (SSSR count). The Morgan fingerprint density at radius 3 is 2.60 bits per heavy atom. The van der Waals surface area contributed by atoms with Gasteiger partial charge in [-0.2, -0.15) is 0 Å². The Morgan fingerprint density at radius 2 is 1.95 bits per heavy atom. The number of pyridine rings is 1. The average Bonchev–Trinajstić information content (AvgIpc) is 2.48. The first-order chi connectivity index (χ1) is 9.72. The largest absolute Gasteiger partial charge is 0.396 e. The molecule has 1 aromatic carbocycles. The SMILES string of the molecule is CN(Cc1cccnc1Cl)C(CCO)c1ccccc1. The molecular weight excluding hydrogens is 272 g/mol. The van der Waals surface area contributed by atoms with Crippen molar-refractivity contribution in [3.05, 3.63) is 64.9 Å². The van der Waals surface area contributed by atoms with E-state index in [1.807, 2.05) is 37.4 Å². The lowest BCUT2D eigenvalue weighted by Crippen LogP contribution is -2.25. The molecular formula is C16H19ClN2O. The zero-order valence-electron chi connectivity index (χ0n) is 11.5. The van der Waals surface area contributed by atoms with Crippen LogP contribution in [0, 0.1) is 0 Å². The van der Waals surface area contributed by atoms with Crippen LogP contribution in [0.2, 0.25) is 5.15 Å². The maximum Gasteiger partial charge on any atom is 0.133 e. The van der Waals surface area contributed by atoms with Crippen molar-refractivity contribution in [3.63, 3.8) is 0 Å². The van der Waals surface area contributed by atoms with Crippen molar-refractivity contribution in [3.8, 4) is 0 Å². The summed E-state index contributed by atoms with van der Waals surface area (Å²) in [5, 5.41) is 9.84. The average molecular weight is 291 g/mol. The highest BCUT2D eigenvalue weighted by atomic mass is 35.5. The van der Waals surface area contributed by atoms with E-state index >= 15 is 0 Å². The van der Waals surface area contributed by atoms with Gasteiger partial charge in [0.15, 0.2) is 0 Å². The van der Waals surface area contributed by atoms with E-state index in [1.165, 1.54) is 5.56 Å². The Bertz CT molecular complexity index is 533. The van der Waals surface area contributed by atoms with Crippen LogP contribution in [0.4, 0.5) is 0 Å². The van der Waals surface area contributed by atoms with Crippen molar-refractivity contribution < 1.29 is 5.11 Å². The van der Waals surface area contributed by atoms with Crippen molar-refractivity contribution >= 4 is 11.6 Å². The highest BCUT2D eigenvalue weighted by Crippen LogP contribution is 2.25. The predicted octanol–water partition coefficient (Wildman–Crippen LogP) is 3.29. The van der Waals surface area contributed by atoms with Crippen LogP contribution >= 0.6 is 11.6 Å². The quantitative estimate of drug-likeness (QED) is 0.830. The maximum absolute atomic E-state index is 9.30. The van der Waals surface area contributed by atoms with E-state index in [0.29, 0.717) is 18.1 Å². The summed E-state index contributed by atoms with van der Waals surface area (Å²) in [6, 6.07) is 14.2. The molecule has 1 aromatic heterocycles. The van der Waals surface area contributed by atoms with Crippen molar-refractivity contribution in [1.82, 2.24) is 9.88 Å². The number of aliphatic hydroxyl groups excluding tert-OH is 1. The monoisotopic (exact) mass is 290 g/mol. The van der Waals surface area contributed by atoms with Gasteiger partial charge in [0.25, 0.3) is 0 Å². The number of nitrogens with zero attached hydrogens (tertiary/aromatic N) is 2. The van der Waals surface area contributed by atoms with Crippen LogP contribution in [-0.4, -0.2) is 28.6 Å². The third-order valence-electron chi connectivity index (χ3n) is 3.38. The minimum atomic E-state index is 0.157. The standard InChI is InChI=1S/C16H19ClN2O/c1-19(12-14-8-5-10-18-16(14)17)15(9-11-20)13-6-3-2-4-7-13/h2-8,10,15,20H,9,11-12H2,1H3. The Kier molecular flexibility index (Phi) is 5.53. The fourth-order valence-electron chi connectivity index (χ4n) is 2.36. The normalized spacial score (nSPS) is 12.6. The number of aromatic nitrogens is 1. The molecule has 0 aliphatic heterocycles. The summed E-state index contributed by atoms with van der Waals surface area (Å²) in [5.41, 5.74) is 2.19. The second-order valence-electron chi connectivity index (χ2n) is 4.81. The first kappa shape index (κ1) is 15.0. The van der Waals surface area contributed by atoms with E-state index in [1.54, 1.807) is 6.20 Å². The smallest absolute Gasteiger partial charge is 0.133 e. The molecule has 0 amide bonds. The van der Waals surface area contributed by atoms with E-state index in [2.05, 4.69) is 22.0 Å². The molecule has 0 aliphatic carbocycles. The van der Waals surface area contributed by atoms with Crippen LogP contribution in [-0.2, 0) is 6.54 Å². The van der Waals surface area contributed by atoms with E-state index in [4.69, 9.17) is 11.6 Å². The minimum Gasteiger partial charge on any atom is -0.396 e. The molecule has 0 aliphatic rings. The third-order valence-corrected chi connectivity index (χ3v) is 3.72. The second-order valence-corrected chi connectivity index (χ2v) is 5.17. The van der Waals surface area contributed by atoms with Gasteiger partial charge in [0.1, 0.15) is 5.15 Å². The highest BCUT2D eigenvalue weighted by Gasteiger charge is 2.17. The van der Waals surface area contributed by atoms with Crippen LogP contribution in [0.25, 0.3) is 0 Å². The molecule has 0 saturated carbocycles. The van der Waals surface area contributed by atoms with Crippen molar-refractivity contribution in [2.24, 2.45) is 0 Å². The van der Waals surface area contributed by atoms with Crippen LogP contribution in [0.1, 0.15) is 23.6 Å². The van der Waals surface area contributed by atoms with Gasteiger partial charge in [-0.15, -0.1) is 0 Å². The van der Waals surface area contributed by atoms with Crippen LogP contribution in [0.5, 0.6) is 0 Å². The van der Waals surface area contributed by atoms with Crippen LogP contribution in [0.3, 0.4) is 0 Å². The Morgan fingerprint density at radius 1 is 1.20 bits per heavy atom. The molecule has 1 heterocycles. The second kappa shape index (κ2) is 7.39. The van der Waals surface area contributed by atoms with E-state index in [0.717, 1.165) is 5.56 Å². The van der Waals surface area contributed by atoms with E-state index < -0.39 is 0 Å². The number of rotatable bonds is 6. The maximum atomic E-state index is 9.30. The fourth-order valence-corrected chi connectivity index (χ4v) is 2.53. The lowest BCUT2D eigenvalue weighted by molar-refractivity contribution is 0.180. The molecule has 20 heavy (non-hydrogen) atoms. The van der Waals surface area contributed by atoms with E-state index in [-0.39, 0.29) is 12.6 Å². The molecule has 0 radical (unpaired) electrons. The lowest BCUT2D eigenvalue weighted by atomic mass is 10.0. The molecule has 1 atom stereocenters. The molecule has 0 spiro atoms. The van der Waals surface area contributed by atoms with Crippen molar-refractivity contribution in [1.29, 1.82) is 0 Å². The molecule has 0 fully saturated rings. The number of hydrogen-bond acceptors (Lipinski definition) is 3. The zero-order valence-corrected chi connectivity index (χ0v) is 12.3. The topological polar surface area (TPSA) is 36.4 Å². The molecule has 1 unspecified atom stereocenters. The van der Waals surface area contributed by atoms with Gasteiger partial charge < -0.3 is 5.11 Å². The van der Waals surface area contributed by atoms with Crippen molar-refractivity contribution in [2.75, 3.05) is 13.7 Å². The summed E-state index contributed by atoms with van der Waals surface area (Å²) < 4.78 is 0. The number of benzene rings is 1. The summed E-state index contributed by atoms with van der Waals surface area (Å²) in [7, 11) is 2.04. The Balaban J connectivity index is 2.16. The summed E-state index contributed by atoms with van der Waals surface area (Å²) in [6.45, 7) is 0.858.